The van der Waals surface area contributed by atoms with E-state index >= 15 is 0 Å². The topological polar surface area (TPSA) is 41.1 Å². The number of carbonyl (C=O) groups excluding carboxylic acids is 1. The van der Waals surface area contributed by atoms with Crippen LogP contribution in [0, 0.1) is 18.7 Å². The minimum Gasteiger partial charge on any atom is -0.374 e. The van der Waals surface area contributed by atoms with Gasteiger partial charge >= 0.3 is 0 Å². The van der Waals surface area contributed by atoms with Crippen LogP contribution >= 0.6 is 15.9 Å². The molecule has 0 aliphatic rings. The molecule has 3 nitrogen and oxygen atoms in total. The Bertz CT molecular complexity index is 477. The zero-order valence-electron chi connectivity index (χ0n) is 12.4. The van der Waals surface area contributed by atoms with Gasteiger partial charge in [0.2, 0.25) is 5.91 Å². The molecule has 5 heteroatoms. The monoisotopic (exact) mass is 344 g/mol. The lowest BCUT2D eigenvalue weighted by Crippen LogP contribution is -2.38. The number of nitrogens with one attached hydrogen (secondary N) is 2. The van der Waals surface area contributed by atoms with E-state index in [-0.39, 0.29) is 11.7 Å². The van der Waals surface area contributed by atoms with Crippen LogP contribution in [0.3, 0.4) is 0 Å². The molecule has 0 saturated carbocycles. The Labute approximate surface area is 128 Å². The Morgan fingerprint density at radius 3 is 2.60 bits per heavy atom. The minimum absolute atomic E-state index is 0.0756. The fourth-order valence-electron chi connectivity index (χ4n) is 1.74. The summed E-state index contributed by atoms with van der Waals surface area (Å²) in [5, 5.41) is 5.92. The first-order valence-corrected chi connectivity index (χ1v) is 7.60. The summed E-state index contributed by atoms with van der Waals surface area (Å²) in [6.45, 7) is 8.53. The van der Waals surface area contributed by atoms with Crippen molar-refractivity contribution < 1.29 is 9.18 Å². The molecule has 2 N–H and O–H groups in total. The van der Waals surface area contributed by atoms with Crippen molar-refractivity contribution in [3.05, 3.63) is 28.0 Å². The molecule has 1 aromatic carbocycles. The highest BCUT2D eigenvalue weighted by Crippen LogP contribution is 2.24. The van der Waals surface area contributed by atoms with Gasteiger partial charge in [-0.2, -0.15) is 0 Å². The lowest BCUT2D eigenvalue weighted by Gasteiger charge is -2.17. The molecule has 1 amide bonds. The van der Waals surface area contributed by atoms with E-state index in [0.717, 1.165) is 12.0 Å². The van der Waals surface area contributed by atoms with Crippen LogP contribution in [-0.4, -0.2) is 18.5 Å². The molecule has 0 aliphatic carbocycles. The highest BCUT2D eigenvalue weighted by molar-refractivity contribution is 9.10. The Hall–Kier alpha value is -1.10. The normalized spacial score (nSPS) is 12.3. The van der Waals surface area contributed by atoms with E-state index in [1.165, 1.54) is 6.07 Å². The molecule has 0 aliphatic heterocycles. The summed E-state index contributed by atoms with van der Waals surface area (Å²) in [7, 11) is 0. The summed E-state index contributed by atoms with van der Waals surface area (Å²) >= 11 is 3.14. The molecule has 112 valence electrons. The molecule has 0 aromatic heterocycles. The first-order chi connectivity index (χ1) is 9.31. The third-order valence-electron chi connectivity index (χ3n) is 3.05. The van der Waals surface area contributed by atoms with Crippen molar-refractivity contribution in [3.8, 4) is 0 Å². The summed E-state index contributed by atoms with van der Waals surface area (Å²) in [5.41, 5.74) is 1.53. The van der Waals surface area contributed by atoms with Gasteiger partial charge in [0.15, 0.2) is 0 Å². The molecule has 0 heterocycles. The number of halogens is 2. The summed E-state index contributed by atoms with van der Waals surface area (Å²) in [5.74, 6) is 0.139. The zero-order chi connectivity index (χ0) is 15.3. The zero-order valence-corrected chi connectivity index (χ0v) is 14.0. The standard InChI is InChI=1S/C15H22BrFN2O/c1-9(2)5-6-18-15(20)11(4)19-14-8-13(17)12(16)7-10(14)3/h7-9,11,19H,5-6H2,1-4H3,(H,18,20). The lowest BCUT2D eigenvalue weighted by atomic mass is 10.1. The molecule has 0 radical (unpaired) electrons. The first-order valence-electron chi connectivity index (χ1n) is 6.81. The molecular formula is C15H22BrFN2O. The van der Waals surface area contributed by atoms with Gasteiger partial charge in [-0.25, -0.2) is 4.39 Å². The first kappa shape index (κ1) is 17.0. The summed E-state index contributed by atoms with van der Waals surface area (Å²) < 4.78 is 13.9. The number of aryl methyl sites for hydroxylation is 1. The number of anilines is 1. The van der Waals surface area contributed by atoms with Crippen molar-refractivity contribution in [1.82, 2.24) is 5.32 Å². The second-order valence-electron chi connectivity index (χ2n) is 5.42. The van der Waals surface area contributed by atoms with Gasteiger partial charge in [0.25, 0.3) is 0 Å². The van der Waals surface area contributed by atoms with Crippen LogP contribution < -0.4 is 10.6 Å². The maximum absolute atomic E-state index is 13.5. The average Bonchev–Trinajstić information content (AvgIpc) is 2.35. The summed E-state index contributed by atoms with van der Waals surface area (Å²) in [4.78, 5) is 11.9. The van der Waals surface area contributed by atoms with Crippen LogP contribution in [0.5, 0.6) is 0 Å². The largest absolute Gasteiger partial charge is 0.374 e. The number of benzene rings is 1. The van der Waals surface area contributed by atoms with Crippen molar-refractivity contribution in [2.45, 2.75) is 40.2 Å². The number of amides is 1. The smallest absolute Gasteiger partial charge is 0.242 e. The van der Waals surface area contributed by atoms with Crippen LogP contribution in [0.25, 0.3) is 0 Å². The quantitative estimate of drug-likeness (QED) is 0.822. The van der Waals surface area contributed by atoms with E-state index in [9.17, 15) is 9.18 Å². The molecule has 1 aromatic rings. The Kier molecular flexibility index (Phi) is 6.46. The number of carbonyl (C=O) groups is 1. The number of rotatable bonds is 6. The van der Waals surface area contributed by atoms with Crippen LogP contribution in [0.15, 0.2) is 16.6 Å². The van der Waals surface area contributed by atoms with E-state index in [1.54, 1.807) is 13.0 Å². The van der Waals surface area contributed by atoms with Crippen LogP contribution in [0.2, 0.25) is 0 Å². The van der Waals surface area contributed by atoms with Gasteiger partial charge < -0.3 is 10.6 Å². The molecule has 1 rings (SSSR count). The lowest BCUT2D eigenvalue weighted by molar-refractivity contribution is -0.121. The maximum Gasteiger partial charge on any atom is 0.242 e. The summed E-state index contributed by atoms with van der Waals surface area (Å²) in [6, 6.07) is 2.69. The van der Waals surface area contributed by atoms with Gasteiger partial charge in [0.1, 0.15) is 11.9 Å². The molecule has 1 atom stereocenters. The van der Waals surface area contributed by atoms with Crippen molar-refractivity contribution in [2.75, 3.05) is 11.9 Å². The molecule has 0 saturated heterocycles. The van der Waals surface area contributed by atoms with E-state index in [4.69, 9.17) is 0 Å². The molecule has 0 bridgehead atoms. The van der Waals surface area contributed by atoms with Crippen molar-refractivity contribution >= 4 is 27.5 Å². The fourth-order valence-corrected chi connectivity index (χ4v) is 2.20. The van der Waals surface area contributed by atoms with Crippen LogP contribution in [0.4, 0.5) is 10.1 Å². The van der Waals surface area contributed by atoms with Gasteiger partial charge in [0.05, 0.1) is 4.47 Å². The molecule has 0 spiro atoms. The van der Waals surface area contributed by atoms with Gasteiger partial charge in [-0.15, -0.1) is 0 Å². The highest BCUT2D eigenvalue weighted by Gasteiger charge is 2.14. The van der Waals surface area contributed by atoms with E-state index in [2.05, 4.69) is 40.4 Å². The Balaban J connectivity index is 2.59. The third-order valence-corrected chi connectivity index (χ3v) is 3.66. The minimum atomic E-state index is -0.401. The second-order valence-corrected chi connectivity index (χ2v) is 6.28. The predicted molar refractivity (Wildman–Crippen MR) is 84.4 cm³/mol. The molecule has 1 unspecified atom stereocenters. The van der Waals surface area contributed by atoms with Crippen molar-refractivity contribution in [3.63, 3.8) is 0 Å². The molecule has 20 heavy (non-hydrogen) atoms. The molecular weight excluding hydrogens is 323 g/mol. The van der Waals surface area contributed by atoms with Crippen molar-refractivity contribution in [1.29, 1.82) is 0 Å². The highest BCUT2D eigenvalue weighted by atomic mass is 79.9. The predicted octanol–water partition coefficient (Wildman–Crippen LogP) is 3.86. The van der Waals surface area contributed by atoms with E-state index in [0.29, 0.717) is 22.6 Å². The van der Waals surface area contributed by atoms with Crippen LogP contribution in [0.1, 0.15) is 32.8 Å². The number of hydrogen-bond acceptors (Lipinski definition) is 2. The van der Waals surface area contributed by atoms with Gasteiger partial charge in [0, 0.05) is 12.2 Å². The van der Waals surface area contributed by atoms with E-state index in [1.807, 2.05) is 6.92 Å². The van der Waals surface area contributed by atoms with Gasteiger partial charge in [-0.3, -0.25) is 4.79 Å². The summed E-state index contributed by atoms with van der Waals surface area (Å²) in [6.07, 6.45) is 0.949. The van der Waals surface area contributed by atoms with Crippen molar-refractivity contribution in [2.24, 2.45) is 5.92 Å². The Morgan fingerprint density at radius 2 is 2.00 bits per heavy atom. The second kappa shape index (κ2) is 7.62. The number of hydrogen-bond donors (Lipinski definition) is 2. The SMILES string of the molecule is Cc1cc(Br)c(F)cc1NC(C)C(=O)NCCC(C)C. The van der Waals surface area contributed by atoms with Crippen LogP contribution in [-0.2, 0) is 4.79 Å². The van der Waals surface area contributed by atoms with E-state index < -0.39 is 6.04 Å². The fraction of sp³-hybridized carbons (Fsp3) is 0.533. The maximum atomic E-state index is 13.5. The average molecular weight is 345 g/mol. The van der Waals surface area contributed by atoms with Gasteiger partial charge in [-0.05, 0) is 59.8 Å². The Morgan fingerprint density at radius 1 is 1.35 bits per heavy atom. The molecule has 0 fully saturated rings. The van der Waals surface area contributed by atoms with Gasteiger partial charge in [-0.1, -0.05) is 13.8 Å². The third kappa shape index (κ3) is 5.12.